The number of methoxy groups -OCH3 is 1. The maximum absolute atomic E-state index is 13.2. The lowest BCUT2D eigenvalue weighted by molar-refractivity contribution is 0.0251. The van der Waals surface area contributed by atoms with E-state index in [1.807, 2.05) is 66.7 Å². The highest BCUT2D eigenvalue weighted by Crippen LogP contribution is 2.49. The summed E-state index contributed by atoms with van der Waals surface area (Å²) < 4.78 is 25.0. The van der Waals surface area contributed by atoms with Crippen LogP contribution in [0.4, 0.5) is 9.59 Å². The Morgan fingerprint density at radius 1 is 0.822 bits per heavy atom. The molecule has 9 nitrogen and oxygen atoms in total. The Hall–Kier alpha value is -4.01. The first kappa shape index (κ1) is 32.4. The number of carbonyl (C=O) groups is 3. The van der Waals surface area contributed by atoms with E-state index in [0.717, 1.165) is 46.2 Å². The summed E-state index contributed by atoms with van der Waals surface area (Å²) in [4.78, 5) is 40.2. The maximum atomic E-state index is 13.2. The van der Waals surface area contributed by atoms with Gasteiger partial charge in [0.15, 0.2) is 0 Å². The summed E-state index contributed by atoms with van der Waals surface area (Å²) in [5, 5.41) is 0.871. The Labute approximate surface area is 265 Å². The van der Waals surface area contributed by atoms with Crippen molar-refractivity contribution >= 4 is 29.1 Å². The second-order valence-corrected chi connectivity index (χ2v) is 14.2. The van der Waals surface area contributed by atoms with Crippen molar-refractivity contribution in [2.24, 2.45) is 0 Å². The highest BCUT2D eigenvalue weighted by molar-refractivity contribution is 5.96. The van der Waals surface area contributed by atoms with Crippen LogP contribution < -0.4 is 4.74 Å². The number of esters is 1. The van der Waals surface area contributed by atoms with Crippen molar-refractivity contribution in [2.75, 3.05) is 20.2 Å². The fourth-order valence-electron chi connectivity index (χ4n) is 6.08. The molecular weight excluding hydrogens is 572 g/mol. The lowest BCUT2D eigenvalue weighted by Gasteiger charge is -2.28. The minimum absolute atomic E-state index is 0.0690. The van der Waals surface area contributed by atoms with Gasteiger partial charge in [0, 0.05) is 37.0 Å². The third kappa shape index (κ3) is 7.45. The molecule has 9 heteroatoms. The van der Waals surface area contributed by atoms with Gasteiger partial charge in [-0.25, -0.2) is 14.4 Å². The highest BCUT2D eigenvalue weighted by atomic mass is 16.6. The molecule has 0 N–H and O–H groups in total. The number of rotatable bonds is 5. The van der Waals surface area contributed by atoms with Gasteiger partial charge in [0.25, 0.3) is 0 Å². The minimum atomic E-state index is -0.633. The zero-order chi connectivity index (χ0) is 32.7. The average molecular weight is 619 g/mol. The Bertz CT molecular complexity index is 1570. The lowest BCUT2D eigenvalue weighted by Crippen LogP contribution is -2.37. The molecule has 3 aromatic rings. The van der Waals surface area contributed by atoms with Crippen molar-refractivity contribution in [3.8, 4) is 5.75 Å². The minimum Gasteiger partial charge on any atom is -0.489 e. The number of likely N-dealkylation sites (tertiary alicyclic amines) is 1. The summed E-state index contributed by atoms with van der Waals surface area (Å²) >= 11 is 0. The van der Waals surface area contributed by atoms with Crippen LogP contribution in [0.25, 0.3) is 10.9 Å². The van der Waals surface area contributed by atoms with Crippen molar-refractivity contribution in [3.63, 3.8) is 0 Å². The van der Waals surface area contributed by atoms with E-state index in [9.17, 15) is 14.4 Å². The van der Waals surface area contributed by atoms with Gasteiger partial charge < -0.3 is 23.8 Å². The van der Waals surface area contributed by atoms with E-state index >= 15 is 0 Å². The molecule has 45 heavy (non-hydrogen) atoms. The molecule has 1 saturated heterocycles. The maximum Gasteiger partial charge on any atom is 0.419 e. The van der Waals surface area contributed by atoms with Crippen molar-refractivity contribution < 1.29 is 33.3 Å². The topological polar surface area (TPSA) is 96.3 Å². The van der Waals surface area contributed by atoms with Gasteiger partial charge in [-0.05, 0) is 115 Å². The van der Waals surface area contributed by atoms with Crippen LogP contribution in [0.15, 0.2) is 42.6 Å². The van der Waals surface area contributed by atoms with Crippen LogP contribution in [0, 0.1) is 6.92 Å². The quantitative estimate of drug-likeness (QED) is 0.211. The fraction of sp³-hybridized carbons (Fsp3) is 0.528. The average Bonchev–Trinajstić information content (AvgIpc) is 3.73. The molecule has 1 aromatic heterocycles. The molecule has 242 valence electrons. The molecule has 0 radical (unpaired) electrons. The molecule has 0 bridgehead atoms. The van der Waals surface area contributed by atoms with E-state index in [0.29, 0.717) is 37.4 Å². The molecule has 0 spiro atoms. The largest absolute Gasteiger partial charge is 0.489 e. The van der Waals surface area contributed by atoms with Crippen LogP contribution in [0.5, 0.6) is 5.75 Å². The Morgan fingerprint density at radius 2 is 1.44 bits per heavy atom. The molecule has 1 amide bonds. The van der Waals surface area contributed by atoms with Gasteiger partial charge in [-0.1, -0.05) is 12.1 Å². The number of fused-ring (bicyclic) bond motifs is 1. The Balaban J connectivity index is 1.54. The summed E-state index contributed by atoms with van der Waals surface area (Å²) in [5.41, 5.74) is 3.16. The van der Waals surface area contributed by atoms with Crippen LogP contribution in [-0.2, 0) is 14.2 Å². The van der Waals surface area contributed by atoms with Crippen LogP contribution in [-0.4, -0.2) is 65.1 Å². The Kier molecular flexibility index (Phi) is 8.93. The second-order valence-electron chi connectivity index (χ2n) is 14.2. The molecule has 1 aliphatic carbocycles. The van der Waals surface area contributed by atoms with Crippen molar-refractivity contribution in [1.82, 2.24) is 9.47 Å². The van der Waals surface area contributed by atoms with Crippen molar-refractivity contribution in [1.29, 1.82) is 0 Å². The first-order valence-corrected chi connectivity index (χ1v) is 15.9. The molecule has 1 saturated carbocycles. The number of aromatic nitrogens is 1. The monoisotopic (exact) mass is 618 g/mol. The van der Waals surface area contributed by atoms with E-state index in [1.165, 1.54) is 7.11 Å². The molecule has 2 atom stereocenters. The molecule has 2 aromatic carbocycles. The first-order chi connectivity index (χ1) is 21.1. The Morgan fingerprint density at radius 3 is 2.04 bits per heavy atom. The number of hydrogen-bond donors (Lipinski definition) is 0. The highest BCUT2D eigenvalue weighted by Gasteiger charge is 2.36. The number of aryl methyl sites for hydroxylation is 1. The third-order valence-electron chi connectivity index (χ3n) is 8.27. The summed E-state index contributed by atoms with van der Waals surface area (Å²) in [6.07, 6.45) is 4.10. The lowest BCUT2D eigenvalue weighted by atomic mass is 9.88. The van der Waals surface area contributed by atoms with Gasteiger partial charge >= 0.3 is 18.2 Å². The first-order valence-electron chi connectivity index (χ1n) is 15.9. The van der Waals surface area contributed by atoms with Crippen LogP contribution >= 0.6 is 0 Å². The zero-order valence-corrected chi connectivity index (χ0v) is 27.8. The molecule has 0 unspecified atom stereocenters. The van der Waals surface area contributed by atoms with Gasteiger partial charge in [0.05, 0.1) is 18.2 Å². The number of amides is 1. The predicted octanol–water partition coefficient (Wildman–Crippen LogP) is 7.96. The smallest absolute Gasteiger partial charge is 0.419 e. The molecule has 1 aliphatic heterocycles. The summed E-state index contributed by atoms with van der Waals surface area (Å²) in [5.74, 6) is 0.722. The molecule has 2 heterocycles. The van der Waals surface area contributed by atoms with Gasteiger partial charge in [0.1, 0.15) is 23.1 Å². The zero-order valence-electron chi connectivity index (χ0n) is 27.8. The van der Waals surface area contributed by atoms with Crippen LogP contribution in [0.1, 0.15) is 106 Å². The second kappa shape index (κ2) is 12.4. The summed E-state index contributed by atoms with van der Waals surface area (Å²) in [7, 11) is 1.37. The van der Waals surface area contributed by atoms with Crippen molar-refractivity contribution in [2.45, 2.75) is 103 Å². The van der Waals surface area contributed by atoms with Crippen LogP contribution in [0.3, 0.4) is 0 Å². The molecular formula is C36H46N2O7. The van der Waals surface area contributed by atoms with Gasteiger partial charge in [-0.15, -0.1) is 0 Å². The number of hydrogen-bond acceptors (Lipinski definition) is 7. The fourth-order valence-corrected chi connectivity index (χ4v) is 6.08. The van der Waals surface area contributed by atoms with E-state index in [-0.39, 0.29) is 18.1 Å². The molecule has 5 rings (SSSR count). The summed E-state index contributed by atoms with van der Waals surface area (Å²) in [6, 6.07) is 11.5. The van der Waals surface area contributed by atoms with Gasteiger partial charge in [0.2, 0.25) is 0 Å². The van der Waals surface area contributed by atoms with Gasteiger partial charge in [-0.3, -0.25) is 4.57 Å². The van der Waals surface area contributed by atoms with Crippen molar-refractivity contribution in [3.05, 3.63) is 64.8 Å². The van der Waals surface area contributed by atoms with Crippen LogP contribution in [0.2, 0.25) is 0 Å². The van der Waals surface area contributed by atoms with Gasteiger partial charge in [-0.2, -0.15) is 0 Å². The normalized spacial score (nSPS) is 19.2. The SMILES string of the molecule is COC(=O)c1ccc([C@@H]2CCN(C(=O)OC(C)(C)C)CC[C@H]2Oc2c(C3CC3)cc(C)c3c2ccn3C(=O)OC(C)(C)C)cc1. The standard InChI is InChI=1S/C36H46N2O7/c1-22-21-28(24-9-10-24)31(27-16-20-38(30(22)27)34(41)45-36(5,6)7)43-29-17-19-37(33(40)44-35(2,3)4)18-15-26(29)23-11-13-25(14-12-23)32(39)42-8/h11-14,16,20-21,24,26,29H,9-10,15,17-19H2,1-8H3/t26-,29+/m0/s1. The molecule has 2 aliphatic rings. The third-order valence-corrected chi connectivity index (χ3v) is 8.27. The van der Waals surface area contributed by atoms with E-state index in [2.05, 4.69) is 6.07 Å². The van der Waals surface area contributed by atoms with E-state index in [4.69, 9.17) is 18.9 Å². The number of nitrogens with zero attached hydrogens (tertiary/aromatic N) is 2. The number of carbonyl (C=O) groups excluding carboxylic acids is 3. The molecule has 2 fully saturated rings. The number of benzene rings is 2. The predicted molar refractivity (Wildman–Crippen MR) is 172 cm³/mol. The van der Waals surface area contributed by atoms with E-state index in [1.54, 1.807) is 27.8 Å². The van der Waals surface area contributed by atoms with E-state index < -0.39 is 23.3 Å². The number of ether oxygens (including phenoxy) is 4. The summed E-state index contributed by atoms with van der Waals surface area (Å²) in [6.45, 7) is 14.2.